The van der Waals surface area contributed by atoms with E-state index in [1.807, 2.05) is 18.4 Å². The number of rotatable bonds is 5. The van der Waals surface area contributed by atoms with Crippen LogP contribution in [0.25, 0.3) is 0 Å². The number of aryl methyl sites for hydroxylation is 1. The SMILES string of the molecule is Cc1csc(Sc2ccc(C(=O)N(C)c3cccc(C#N)c3)cc2[N+](=O)[O-])n1. The quantitative estimate of drug-likeness (QED) is 0.448. The number of amides is 1. The summed E-state index contributed by atoms with van der Waals surface area (Å²) >= 11 is 2.61. The van der Waals surface area contributed by atoms with E-state index in [0.717, 1.165) is 5.69 Å². The number of anilines is 1. The van der Waals surface area contributed by atoms with Gasteiger partial charge in [0.2, 0.25) is 0 Å². The van der Waals surface area contributed by atoms with Crippen molar-refractivity contribution in [1.29, 1.82) is 5.26 Å². The predicted octanol–water partition coefficient (Wildman–Crippen LogP) is 4.66. The number of nitriles is 1. The van der Waals surface area contributed by atoms with Crippen LogP contribution in [-0.2, 0) is 0 Å². The van der Waals surface area contributed by atoms with Crippen molar-refractivity contribution < 1.29 is 9.72 Å². The van der Waals surface area contributed by atoms with E-state index in [1.54, 1.807) is 43.4 Å². The normalized spacial score (nSPS) is 10.3. The second-order valence-corrected chi connectivity index (χ2v) is 7.97. The standard InChI is InChI=1S/C19H14N4O3S2/c1-12-11-27-19(21-12)28-17-7-6-14(9-16(17)23(25)26)18(24)22(2)15-5-3-4-13(8-15)10-20/h3-9,11H,1-2H3. The maximum atomic E-state index is 12.8. The van der Waals surface area contributed by atoms with E-state index in [1.165, 1.54) is 34.1 Å². The monoisotopic (exact) mass is 410 g/mol. The number of carbonyl (C=O) groups excluding carboxylic acids is 1. The fourth-order valence-electron chi connectivity index (χ4n) is 2.45. The number of nitro benzene ring substituents is 1. The molecule has 0 saturated heterocycles. The summed E-state index contributed by atoms with van der Waals surface area (Å²) in [5.74, 6) is -0.403. The molecule has 0 fully saturated rings. The van der Waals surface area contributed by atoms with Crippen LogP contribution in [0.15, 0.2) is 57.1 Å². The summed E-state index contributed by atoms with van der Waals surface area (Å²) in [7, 11) is 1.56. The lowest BCUT2D eigenvalue weighted by Gasteiger charge is -2.17. The molecule has 9 heteroatoms. The van der Waals surface area contributed by atoms with Gasteiger partial charge in [0.25, 0.3) is 11.6 Å². The minimum atomic E-state index is -0.504. The molecule has 0 aliphatic rings. The van der Waals surface area contributed by atoms with Gasteiger partial charge in [0.15, 0.2) is 4.34 Å². The Labute approximate surface area is 169 Å². The molecule has 140 valence electrons. The van der Waals surface area contributed by atoms with Gasteiger partial charge in [-0.15, -0.1) is 11.3 Å². The van der Waals surface area contributed by atoms with Gasteiger partial charge in [-0.3, -0.25) is 14.9 Å². The van der Waals surface area contributed by atoms with Crippen LogP contribution in [0.1, 0.15) is 21.6 Å². The van der Waals surface area contributed by atoms with Crippen molar-refractivity contribution in [3.63, 3.8) is 0 Å². The van der Waals surface area contributed by atoms with Gasteiger partial charge in [-0.05, 0) is 37.3 Å². The number of hydrogen-bond acceptors (Lipinski definition) is 7. The average Bonchev–Trinajstić information content (AvgIpc) is 3.11. The Bertz CT molecular complexity index is 1100. The largest absolute Gasteiger partial charge is 0.311 e. The van der Waals surface area contributed by atoms with Gasteiger partial charge in [-0.1, -0.05) is 17.8 Å². The van der Waals surface area contributed by atoms with E-state index in [-0.39, 0.29) is 11.3 Å². The van der Waals surface area contributed by atoms with Crippen LogP contribution in [0.4, 0.5) is 11.4 Å². The Balaban J connectivity index is 1.91. The van der Waals surface area contributed by atoms with Crippen molar-refractivity contribution >= 4 is 40.4 Å². The number of benzene rings is 2. The first kappa shape index (κ1) is 19.5. The van der Waals surface area contributed by atoms with Gasteiger partial charge in [0.05, 0.1) is 21.5 Å². The van der Waals surface area contributed by atoms with Gasteiger partial charge in [0, 0.05) is 35.4 Å². The molecule has 0 aliphatic heterocycles. The maximum absolute atomic E-state index is 12.8. The zero-order valence-electron chi connectivity index (χ0n) is 14.9. The third-order valence-electron chi connectivity index (χ3n) is 3.86. The van der Waals surface area contributed by atoms with E-state index in [2.05, 4.69) is 4.98 Å². The van der Waals surface area contributed by atoms with E-state index in [0.29, 0.717) is 20.5 Å². The highest BCUT2D eigenvalue weighted by molar-refractivity contribution is 8.01. The summed E-state index contributed by atoms with van der Waals surface area (Å²) in [6.07, 6.45) is 0. The van der Waals surface area contributed by atoms with Crippen LogP contribution in [0.2, 0.25) is 0 Å². The minimum absolute atomic E-state index is 0.150. The summed E-state index contributed by atoms with van der Waals surface area (Å²) in [6.45, 7) is 1.86. The molecule has 0 unspecified atom stereocenters. The van der Waals surface area contributed by atoms with Crippen molar-refractivity contribution in [1.82, 2.24) is 4.98 Å². The first-order chi connectivity index (χ1) is 13.4. The first-order valence-electron chi connectivity index (χ1n) is 8.05. The van der Waals surface area contributed by atoms with Crippen LogP contribution in [0, 0.1) is 28.4 Å². The zero-order chi connectivity index (χ0) is 20.3. The van der Waals surface area contributed by atoms with Crippen molar-refractivity contribution in [3.05, 3.63) is 74.8 Å². The summed E-state index contributed by atoms with van der Waals surface area (Å²) in [4.78, 5) is 29.9. The van der Waals surface area contributed by atoms with Crippen molar-refractivity contribution in [2.24, 2.45) is 0 Å². The van der Waals surface area contributed by atoms with Crippen molar-refractivity contribution in [2.75, 3.05) is 11.9 Å². The van der Waals surface area contributed by atoms with Crippen LogP contribution in [0.5, 0.6) is 0 Å². The number of nitro groups is 1. The van der Waals surface area contributed by atoms with Gasteiger partial charge < -0.3 is 4.90 Å². The fourth-order valence-corrected chi connectivity index (χ4v) is 4.33. The Morgan fingerprint density at radius 1 is 1.32 bits per heavy atom. The molecule has 2 aromatic carbocycles. The molecular formula is C19H14N4O3S2. The smallest absolute Gasteiger partial charge is 0.284 e. The molecule has 1 amide bonds. The topological polar surface area (TPSA) is 100 Å². The fraction of sp³-hybridized carbons (Fsp3) is 0.105. The lowest BCUT2D eigenvalue weighted by atomic mass is 10.1. The highest BCUT2D eigenvalue weighted by Gasteiger charge is 2.21. The Hall–Kier alpha value is -3.22. The third kappa shape index (κ3) is 4.19. The van der Waals surface area contributed by atoms with Crippen molar-refractivity contribution in [2.45, 2.75) is 16.2 Å². The van der Waals surface area contributed by atoms with Crippen LogP contribution < -0.4 is 4.90 Å². The summed E-state index contributed by atoms with van der Waals surface area (Å²) in [6, 6.07) is 13.0. The lowest BCUT2D eigenvalue weighted by Crippen LogP contribution is -2.26. The number of aromatic nitrogens is 1. The summed E-state index contributed by atoms with van der Waals surface area (Å²) in [5.41, 5.74) is 1.85. The van der Waals surface area contributed by atoms with Crippen LogP contribution >= 0.6 is 23.1 Å². The predicted molar refractivity (Wildman–Crippen MR) is 108 cm³/mol. The zero-order valence-corrected chi connectivity index (χ0v) is 16.6. The van der Waals surface area contributed by atoms with Gasteiger partial charge in [0.1, 0.15) is 0 Å². The third-order valence-corrected chi connectivity index (χ3v) is 5.99. The number of thiazole rings is 1. The van der Waals surface area contributed by atoms with Crippen LogP contribution in [-0.4, -0.2) is 22.9 Å². The van der Waals surface area contributed by atoms with Gasteiger partial charge >= 0.3 is 0 Å². The Morgan fingerprint density at radius 3 is 2.75 bits per heavy atom. The Kier molecular flexibility index (Phi) is 5.73. The molecular weight excluding hydrogens is 396 g/mol. The molecule has 1 aromatic heterocycles. The van der Waals surface area contributed by atoms with E-state index in [9.17, 15) is 14.9 Å². The minimum Gasteiger partial charge on any atom is -0.311 e. The second-order valence-electron chi connectivity index (χ2n) is 5.82. The molecule has 7 nitrogen and oxygen atoms in total. The molecule has 0 N–H and O–H groups in total. The average molecular weight is 410 g/mol. The molecule has 0 radical (unpaired) electrons. The molecule has 1 heterocycles. The first-order valence-corrected chi connectivity index (χ1v) is 9.75. The molecule has 3 rings (SSSR count). The molecule has 3 aromatic rings. The van der Waals surface area contributed by atoms with E-state index >= 15 is 0 Å². The molecule has 0 aliphatic carbocycles. The van der Waals surface area contributed by atoms with Crippen LogP contribution in [0.3, 0.4) is 0 Å². The molecule has 0 bridgehead atoms. The molecule has 28 heavy (non-hydrogen) atoms. The number of carbonyl (C=O) groups is 1. The van der Waals surface area contributed by atoms with Gasteiger partial charge in [-0.25, -0.2) is 4.98 Å². The Morgan fingerprint density at radius 2 is 2.11 bits per heavy atom. The maximum Gasteiger partial charge on any atom is 0.284 e. The molecule has 0 spiro atoms. The highest BCUT2D eigenvalue weighted by Crippen LogP contribution is 2.37. The molecule has 0 atom stereocenters. The summed E-state index contributed by atoms with van der Waals surface area (Å²) in [5, 5.41) is 22.4. The summed E-state index contributed by atoms with van der Waals surface area (Å²) < 4.78 is 0.699. The molecule has 0 saturated carbocycles. The number of nitrogens with zero attached hydrogens (tertiary/aromatic N) is 4. The van der Waals surface area contributed by atoms with E-state index < -0.39 is 10.8 Å². The van der Waals surface area contributed by atoms with Crippen molar-refractivity contribution in [3.8, 4) is 6.07 Å². The highest BCUT2D eigenvalue weighted by atomic mass is 32.2. The number of hydrogen-bond donors (Lipinski definition) is 0. The lowest BCUT2D eigenvalue weighted by molar-refractivity contribution is -0.387. The van der Waals surface area contributed by atoms with E-state index in [4.69, 9.17) is 5.26 Å². The van der Waals surface area contributed by atoms with Gasteiger partial charge in [-0.2, -0.15) is 5.26 Å². The second kappa shape index (κ2) is 8.21.